The van der Waals surface area contributed by atoms with Crippen molar-refractivity contribution in [2.24, 2.45) is 0 Å². The molecule has 1 N–H and O–H groups in total. The minimum Gasteiger partial charge on any atom is -0.273 e. The van der Waals surface area contributed by atoms with Crippen LogP contribution in [0.5, 0.6) is 0 Å². The van der Waals surface area contributed by atoms with Gasteiger partial charge in [0.05, 0.1) is 9.88 Å². The Balaban J connectivity index is 2.64. The highest BCUT2D eigenvalue weighted by Gasteiger charge is 2.14. The number of hydrogen-bond acceptors (Lipinski definition) is 3. The SMILES string of the molecule is CCCCCC(=S)NS(=O)(=O)c1ccc(C)cc1. The fraction of sp³-hybridized carbons (Fsp3) is 0.462. The van der Waals surface area contributed by atoms with E-state index in [-0.39, 0.29) is 4.90 Å². The van der Waals surface area contributed by atoms with Gasteiger partial charge in [0.15, 0.2) is 0 Å². The molecule has 1 aromatic rings. The van der Waals surface area contributed by atoms with Crippen molar-refractivity contribution in [3.8, 4) is 0 Å². The quantitative estimate of drug-likeness (QED) is 0.645. The predicted octanol–water partition coefficient (Wildman–Crippen LogP) is 3.18. The lowest BCUT2D eigenvalue weighted by Crippen LogP contribution is -2.29. The number of hydrogen-bond donors (Lipinski definition) is 1. The molecule has 0 amide bonds. The average Bonchev–Trinajstić information content (AvgIpc) is 2.29. The van der Waals surface area contributed by atoms with Crippen LogP contribution in [0.4, 0.5) is 0 Å². The van der Waals surface area contributed by atoms with Crippen LogP contribution in [0.25, 0.3) is 0 Å². The molecule has 0 bridgehead atoms. The van der Waals surface area contributed by atoms with Crippen molar-refractivity contribution in [2.75, 3.05) is 0 Å². The van der Waals surface area contributed by atoms with Crippen molar-refractivity contribution in [1.29, 1.82) is 0 Å². The third-order valence-electron chi connectivity index (χ3n) is 2.59. The van der Waals surface area contributed by atoms with Gasteiger partial charge in [0.1, 0.15) is 0 Å². The number of sulfonamides is 1. The van der Waals surface area contributed by atoms with Gasteiger partial charge >= 0.3 is 0 Å². The number of nitrogens with one attached hydrogen (secondary N) is 1. The van der Waals surface area contributed by atoms with Crippen LogP contribution in [-0.2, 0) is 10.0 Å². The van der Waals surface area contributed by atoms with E-state index in [1.165, 1.54) is 0 Å². The number of benzene rings is 1. The van der Waals surface area contributed by atoms with Gasteiger partial charge < -0.3 is 0 Å². The van der Waals surface area contributed by atoms with Crippen molar-refractivity contribution in [3.05, 3.63) is 29.8 Å². The van der Waals surface area contributed by atoms with Gasteiger partial charge in [0.2, 0.25) is 0 Å². The summed E-state index contributed by atoms with van der Waals surface area (Å²) in [6, 6.07) is 6.72. The maximum absolute atomic E-state index is 12.0. The van der Waals surface area contributed by atoms with E-state index < -0.39 is 10.0 Å². The van der Waals surface area contributed by atoms with Crippen LogP contribution in [0.15, 0.2) is 29.2 Å². The van der Waals surface area contributed by atoms with Crippen molar-refractivity contribution in [3.63, 3.8) is 0 Å². The van der Waals surface area contributed by atoms with Crippen molar-refractivity contribution < 1.29 is 8.42 Å². The summed E-state index contributed by atoms with van der Waals surface area (Å²) in [5.74, 6) is 0. The first kappa shape index (κ1) is 15.1. The molecule has 0 unspecified atom stereocenters. The summed E-state index contributed by atoms with van der Waals surface area (Å²) in [7, 11) is -3.50. The number of unbranched alkanes of at least 4 members (excludes halogenated alkanes) is 2. The highest BCUT2D eigenvalue weighted by Crippen LogP contribution is 2.10. The van der Waals surface area contributed by atoms with Crippen LogP contribution < -0.4 is 4.72 Å². The summed E-state index contributed by atoms with van der Waals surface area (Å²) in [5, 5.41) is 0. The van der Waals surface area contributed by atoms with Crippen molar-refractivity contribution in [2.45, 2.75) is 44.4 Å². The minimum absolute atomic E-state index is 0.256. The molecular formula is C13H19NO2S2. The summed E-state index contributed by atoms with van der Waals surface area (Å²) >= 11 is 5.05. The number of rotatable bonds is 6. The van der Waals surface area contributed by atoms with Gasteiger partial charge in [-0.05, 0) is 31.9 Å². The first-order valence-electron chi connectivity index (χ1n) is 6.08. The molecule has 0 heterocycles. The zero-order valence-electron chi connectivity index (χ0n) is 10.8. The summed E-state index contributed by atoms with van der Waals surface area (Å²) < 4.78 is 26.4. The second-order valence-corrected chi connectivity index (χ2v) is 6.47. The van der Waals surface area contributed by atoms with E-state index in [1.54, 1.807) is 24.3 Å². The highest BCUT2D eigenvalue weighted by atomic mass is 32.2. The van der Waals surface area contributed by atoms with Gasteiger partial charge in [-0.1, -0.05) is 49.7 Å². The predicted molar refractivity (Wildman–Crippen MR) is 78.2 cm³/mol. The lowest BCUT2D eigenvalue weighted by Gasteiger charge is -2.09. The molecule has 1 rings (SSSR count). The smallest absolute Gasteiger partial charge is 0.262 e. The molecule has 0 fully saturated rings. The molecule has 100 valence electrons. The Bertz CT molecular complexity index is 492. The molecule has 1 aromatic carbocycles. The van der Waals surface area contributed by atoms with Crippen molar-refractivity contribution >= 4 is 27.2 Å². The molecular weight excluding hydrogens is 266 g/mol. The van der Waals surface area contributed by atoms with Crippen LogP contribution >= 0.6 is 12.2 Å². The van der Waals surface area contributed by atoms with Crippen LogP contribution in [0, 0.1) is 6.92 Å². The van der Waals surface area contributed by atoms with Crippen LogP contribution in [0.1, 0.15) is 38.2 Å². The Labute approximate surface area is 115 Å². The van der Waals surface area contributed by atoms with Crippen LogP contribution in [0.3, 0.4) is 0 Å². The zero-order chi connectivity index (χ0) is 13.6. The molecule has 0 saturated carbocycles. The first-order chi connectivity index (χ1) is 8.45. The van der Waals surface area contributed by atoms with Crippen molar-refractivity contribution in [1.82, 2.24) is 4.72 Å². The molecule has 0 aromatic heterocycles. The zero-order valence-corrected chi connectivity index (χ0v) is 12.4. The van der Waals surface area contributed by atoms with Gasteiger partial charge in [-0.15, -0.1) is 0 Å². The topological polar surface area (TPSA) is 46.2 Å². The average molecular weight is 285 g/mol. The van der Waals surface area contributed by atoms with Gasteiger partial charge in [-0.3, -0.25) is 4.72 Å². The molecule has 0 atom stereocenters. The normalized spacial score (nSPS) is 11.2. The highest BCUT2D eigenvalue weighted by molar-refractivity contribution is 7.91. The Morgan fingerprint density at radius 3 is 2.39 bits per heavy atom. The number of thiocarbonyl (C=S) groups is 1. The van der Waals surface area contributed by atoms with Gasteiger partial charge in [-0.2, -0.15) is 0 Å². The summed E-state index contributed by atoms with van der Waals surface area (Å²) in [6.45, 7) is 4.01. The van der Waals surface area contributed by atoms with Gasteiger partial charge in [-0.25, -0.2) is 8.42 Å². The second-order valence-electron chi connectivity index (χ2n) is 4.30. The first-order valence-corrected chi connectivity index (χ1v) is 7.97. The molecule has 0 saturated heterocycles. The molecule has 3 nitrogen and oxygen atoms in total. The van der Waals surface area contributed by atoms with E-state index in [1.807, 2.05) is 6.92 Å². The van der Waals surface area contributed by atoms with E-state index in [2.05, 4.69) is 11.6 Å². The van der Waals surface area contributed by atoms with Gasteiger partial charge in [0, 0.05) is 0 Å². The largest absolute Gasteiger partial charge is 0.273 e. The minimum atomic E-state index is -3.50. The number of aryl methyl sites for hydroxylation is 1. The Hall–Kier alpha value is -0.940. The molecule has 0 aliphatic heterocycles. The third kappa shape index (κ3) is 4.74. The van der Waals surface area contributed by atoms with E-state index in [4.69, 9.17) is 12.2 Å². The van der Waals surface area contributed by atoms with E-state index in [0.717, 1.165) is 24.8 Å². The van der Waals surface area contributed by atoms with Crippen LogP contribution in [0.2, 0.25) is 0 Å². The van der Waals surface area contributed by atoms with E-state index in [0.29, 0.717) is 11.4 Å². The molecule has 18 heavy (non-hydrogen) atoms. The Morgan fingerprint density at radius 1 is 1.22 bits per heavy atom. The molecule has 0 spiro atoms. The fourth-order valence-corrected chi connectivity index (χ4v) is 3.00. The molecule has 5 heteroatoms. The van der Waals surface area contributed by atoms with Crippen LogP contribution in [-0.4, -0.2) is 13.4 Å². The molecule has 0 aliphatic carbocycles. The standard InChI is InChI=1S/C13H19NO2S2/c1-3-4-5-6-13(17)14-18(15,16)12-9-7-11(2)8-10-12/h7-10H,3-6H2,1-2H3,(H,14,17). The summed E-state index contributed by atoms with van der Waals surface area (Å²) in [5.41, 5.74) is 1.03. The summed E-state index contributed by atoms with van der Waals surface area (Å²) in [6.07, 6.45) is 3.69. The maximum Gasteiger partial charge on any atom is 0.262 e. The molecule has 0 radical (unpaired) electrons. The Morgan fingerprint density at radius 2 is 1.83 bits per heavy atom. The Kier molecular flexibility index (Phi) is 5.75. The molecule has 0 aliphatic rings. The second kappa shape index (κ2) is 6.85. The van der Waals surface area contributed by atoms with Gasteiger partial charge in [0.25, 0.3) is 10.0 Å². The monoisotopic (exact) mass is 285 g/mol. The lowest BCUT2D eigenvalue weighted by molar-refractivity contribution is 0.592. The van der Waals surface area contributed by atoms with E-state index in [9.17, 15) is 8.42 Å². The lowest BCUT2D eigenvalue weighted by atomic mass is 10.2. The third-order valence-corrected chi connectivity index (χ3v) is 4.43. The van der Waals surface area contributed by atoms with E-state index >= 15 is 0 Å². The fourth-order valence-electron chi connectivity index (χ4n) is 1.51. The maximum atomic E-state index is 12.0. The summed E-state index contributed by atoms with van der Waals surface area (Å²) in [4.78, 5) is 0.648.